The molecule has 2 bridgehead atoms. The molecule has 0 spiro atoms. The summed E-state index contributed by atoms with van der Waals surface area (Å²) in [7, 11) is -5.09. The van der Waals surface area contributed by atoms with Crippen LogP contribution in [0.4, 0.5) is 0 Å². The van der Waals surface area contributed by atoms with Gasteiger partial charge in [0.1, 0.15) is 54.0 Å². The fraction of sp³-hybridized carbons (Fsp3) is 0.577. The number of rotatable bonds is 17. The van der Waals surface area contributed by atoms with Crippen LogP contribution in [0.2, 0.25) is 0 Å². The zero-order valence-electron chi connectivity index (χ0n) is 45.5. The van der Waals surface area contributed by atoms with E-state index < -0.39 is 124 Å². The average Bonchev–Trinajstić information content (AvgIpc) is 4.19. The fourth-order valence-electron chi connectivity index (χ4n) is 9.20. The second-order valence-corrected chi connectivity index (χ2v) is 22.3. The lowest BCUT2D eigenvalue weighted by Gasteiger charge is -2.31. The first kappa shape index (κ1) is 63.1. The number of fused-ring (bicyclic) bond motifs is 4. The molecule has 4 heterocycles. The van der Waals surface area contributed by atoms with Crippen LogP contribution in [0.25, 0.3) is 17.0 Å². The summed E-state index contributed by atoms with van der Waals surface area (Å²) in [5.74, 6) is -9.00. The van der Waals surface area contributed by atoms with Gasteiger partial charge in [-0.3, -0.25) is 47.7 Å². The molecule has 10 N–H and O–H groups in total. The highest BCUT2D eigenvalue weighted by atomic mass is 79.9. The molecule has 79 heavy (non-hydrogen) atoms. The van der Waals surface area contributed by atoms with E-state index in [9.17, 15) is 61.2 Å². The third kappa shape index (κ3) is 17.4. The molecule has 2 unspecified atom stereocenters. The lowest BCUT2D eigenvalue weighted by Crippen LogP contribution is -2.60. The molecule has 2 aliphatic heterocycles. The largest absolute Gasteiger partial charge is 0.508 e. The highest BCUT2D eigenvalue weighted by Gasteiger charge is 2.41. The Balaban J connectivity index is 1.47. The SMILES string of the molecule is CCC(C)[C@H](NC(=O)C(OS(=O)(=O)O)[C@@H](C)CC)C(=O)N[C@@H](CC)C(=O)N[C@H]1CCCNC(=O)[C@H](Cc2c(Br)[nH]c3ccc(O)cc23)NC(=O)/C=C/c2coc(n2)[C@H](C)NC(=O)C(=O)[C@H](CC(C)C)NC(=O)[C@@H]2CCCN2C1=O. The molecular formula is C52H73BrN10O15S. The molecule has 8 amide bonds. The van der Waals surface area contributed by atoms with Crippen LogP contribution in [-0.2, 0) is 64.2 Å². The number of amides is 8. The molecule has 2 aliphatic rings. The summed E-state index contributed by atoms with van der Waals surface area (Å²) in [6.45, 7) is 13.2. The molecule has 10 atom stereocenters. The van der Waals surface area contributed by atoms with Gasteiger partial charge in [0.25, 0.3) is 11.8 Å². The number of aromatic hydroxyl groups is 1. The Kier molecular flexibility index (Phi) is 22.7. The van der Waals surface area contributed by atoms with E-state index in [-0.39, 0.29) is 81.3 Å². The summed E-state index contributed by atoms with van der Waals surface area (Å²) in [6, 6.07) is -4.08. The molecule has 0 saturated carbocycles. The summed E-state index contributed by atoms with van der Waals surface area (Å²) < 4.78 is 43.6. The molecule has 1 fully saturated rings. The maximum absolute atomic E-state index is 14.8. The molecule has 25 nitrogen and oxygen atoms in total. The van der Waals surface area contributed by atoms with Gasteiger partial charge in [-0.15, -0.1) is 0 Å². The lowest BCUT2D eigenvalue weighted by atomic mass is 9.96. The minimum atomic E-state index is -5.09. The Hall–Kier alpha value is -6.71. The molecular weight excluding hydrogens is 1120 g/mol. The second kappa shape index (κ2) is 28.4. The van der Waals surface area contributed by atoms with Crippen molar-refractivity contribution >= 4 is 96.3 Å². The molecule has 0 radical (unpaired) electrons. The van der Waals surface area contributed by atoms with Crippen molar-refractivity contribution < 1.29 is 69.8 Å². The molecule has 5 rings (SSSR count). The monoisotopic (exact) mass is 1190 g/mol. The van der Waals surface area contributed by atoms with Crippen LogP contribution in [0.1, 0.15) is 130 Å². The second-order valence-electron chi connectivity index (χ2n) is 20.5. The summed E-state index contributed by atoms with van der Waals surface area (Å²) in [6.07, 6.45) is 2.87. The molecule has 27 heteroatoms. The van der Waals surface area contributed by atoms with Gasteiger partial charge in [-0.2, -0.15) is 8.42 Å². The maximum Gasteiger partial charge on any atom is 0.398 e. The summed E-state index contributed by atoms with van der Waals surface area (Å²) in [5.41, 5.74) is 1.34. The van der Waals surface area contributed by atoms with Crippen molar-refractivity contribution in [3.8, 4) is 5.75 Å². The molecule has 434 valence electrons. The lowest BCUT2D eigenvalue weighted by molar-refractivity contribution is -0.144. The van der Waals surface area contributed by atoms with Crippen molar-refractivity contribution in [2.45, 2.75) is 162 Å². The summed E-state index contributed by atoms with van der Waals surface area (Å²) >= 11 is 3.50. The first-order chi connectivity index (χ1) is 37.2. The van der Waals surface area contributed by atoms with Crippen LogP contribution in [-0.4, -0.2) is 141 Å². The zero-order chi connectivity index (χ0) is 58.5. The van der Waals surface area contributed by atoms with Gasteiger partial charge < -0.3 is 56.6 Å². The van der Waals surface area contributed by atoms with Gasteiger partial charge in [0.15, 0.2) is 6.10 Å². The number of phenolic OH excluding ortho intramolecular Hbond substituents is 1. The Morgan fingerprint density at radius 3 is 2.25 bits per heavy atom. The van der Waals surface area contributed by atoms with Gasteiger partial charge in [-0.25, -0.2) is 9.17 Å². The minimum Gasteiger partial charge on any atom is -0.508 e. The van der Waals surface area contributed by atoms with E-state index in [1.54, 1.807) is 47.6 Å². The number of oxazole rings is 1. The number of hydrogen-bond acceptors (Lipinski definition) is 15. The number of phenols is 1. The smallest absolute Gasteiger partial charge is 0.398 e. The van der Waals surface area contributed by atoms with E-state index in [1.165, 1.54) is 43.2 Å². The van der Waals surface area contributed by atoms with Crippen LogP contribution in [0, 0.1) is 17.8 Å². The van der Waals surface area contributed by atoms with Crippen molar-refractivity contribution in [2.75, 3.05) is 13.1 Å². The van der Waals surface area contributed by atoms with Crippen LogP contribution in [0.5, 0.6) is 5.75 Å². The van der Waals surface area contributed by atoms with Crippen LogP contribution in [0.3, 0.4) is 0 Å². The first-order valence-electron chi connectivity index (χ1n) is 26.5. The number of aromatic amines is 1. The number of nitrogens with zero attached hydrogens (tertiary/aromatic N) is 2. The number of halogens is 1. The average molecular weight is 1190 g/mol. The fourth-order valence-corrected chi connectivity index (χ4v) is 10.3. The third-order valence-electron chi connectivity index (χ3n) is 14.0. The standard InChI is InChI=1S/C52H73BrN10O15S/c1-9-27(6)41(62-50(72)43(28(7)10-2)78-79(74,75)76)48(70)59-34(11-3)46(68)60-36-14-12-20-54-45(67)38(24-33-32-23-31(64)17-18-35(32)58-44(33)53)57-40(65)19-16-30-25-77-51(56-30)29(8)55-49(71)42(66)37(22-26(4)5)61-47(69)39-15-13-21-63(39)52(36)73/h16-19,23,25-29,34,36-39,41,43,58,64H,9-15,20-22,24H2,1-8H3,(H,54,67)(H,55,71)(H,57,65)(H,59,70)(H,60,68)(H,61,69)(H,62,72)(H,74,75,76)/b19-16+/t27?,28-,29-,34-,36-,37-,38-,39-,41-,43?/m0/s1. The number of carbonyl (C=O) groups excluding carboxylic acids is 9. The van der Waals surface area contributed by atoms with E-state index in [4.69, 9.17) is 8.60 Å². The van der Waals surface area contributed by atoms with Crippen LogP contribution < -0.4 is 37.2 Å². The summed E-state index contributed by atoms with van der Waals surface area (Å²) in [4.78, 5) is 135. The summed E-state index contributed by atoms with van der Waals surface area (Å²) in [5, 5.41) is 29.6. The number of aromatic nitrogens is 2. The van der Waals surface area contributed by atoms with Crippen molar-refractivity contribution in [2.24, 2.45) is 17.8 Å². The van der Waals surface area contributed by atoms with Crippen LogP contribution >= 0.6 is 15.9 Å². The van der Waals surface area contributed by atoms with E-state index in [0.29, 0.717) is 33.9 Å². The normalized spacial score (nSPS) is 22.7. The Morgan fingerprint density at radius 1 is 0.886 bits per heavy atom. The van der Waals surface area contributed by atoms with Gasteiger partial charge in [-0.1, -0.05) is 61.3 Å². The molecule has 1 aromatic carbocycles. The van der Waals surface area contributed by atoms with E-state index in [0.717, 1.165) is 6.08 Å². The predicted molar refractivity (Wildman–Crippen MR) is 290 cm³/mol. The van der Waals surface area contributed by atoms with Crippen molar-refractivity contribution in [3.05, 3.63) is 52.3 Å². The number of benzene rings is 1. The highest BCUT2D eigenvalue weighted by Crippen LogP contribution is 2.31. The van der Waals surface area contributed by atoms with Gasteiger partial charge in [0.2, 0.25) is 47.1 Å². The number of nitrogens with one attached hydrogen (secondary N) is 8. The van der Waals surface area contributed by atoms with E-state index >= 15 is 0 Å². The number of Topliss-reactive ketones (excluding diaryl/α,β-unsaturated/α-hetero) is 1. The van der Waals surface area contributed by atoms with Crippen molar-refractivity contribution in [3.63, 3.8) is 0 Å². The first-order valence-corrected chi connectivity index (χ1v) is 28.6. The topological polar surface area (TPSA) is 367 Å². The molecule has 0 aliphatic carbocycles. The Morgan fingerprint density at radius 2 is 1.59 bits per heavy atom. The van der Waals surface area contributed by atoms with Gasteiger partial charge in [-0.05, 0) is 109 Å². The Bertz CT molecular complexity index is 2870. The Labute approximate surface area is 466 Å². The number of carbonyl (C=O) groups is 9. The number of hydrogen-bond donors (Lipinski definition) is 10. The van der Waals surface area contributed by atoms with E-state index in [2.05, 4.69) is 63.1 Å². The molecule has 1 saturated heterocycles. The zero-order valence-corrected chi connectivity index (χ0v) is 47.9. The quantitative estimate of drug-likeness (QED) is 0.0686. The number of H-pyrrole nitrogens is 1. The predicted octanol–water partition coefficient (Wildman–Crippen LogP) is 2.69. The molecule has 3 aromatic rings. The maximum atomic E-state index is 14.8. The van der Waals surface area contributed by atoms with Gasteiger partial charge in [0, 0.05) is 36.5 Å². The van der Waals surface area contributed by atoms with E-state index in [1.807, 2.05) is 0 Å². The van der Waals surface area contributed by atoms with Gasteiger partial charge in [0.05, 0.1) is 10.6 Å². The molecule has 2 aromatic heterocycles. The minimum absolute atomic E-state index is 0.0137. The van der Waals surface area contributed by atoms with Crippen molar-refractivity contribution in [1.29, 1.82) is 0 Å². The van der Waals surface area contributed by atoms with Crippen molar-refractivity contribution in [1.82, 2.24) is 52.1 Å². The number of ketones is 1. The third-order valence-corrected chi connectivity index (χ3v) is 15.1. The van der Waals surface area contributed by atoms with Gasteiger partial charge >= 0.3 is 10.4 Å². The highest BCUT2D eigenvalue weighted by molar-refractivity contribution is 9.10. The van der Waals surface area contributed by atoms with Crippen LogP contribution in [0.15, 0.2) is 39.6 Å².